The highest BCUT2D eigenvalue weighted by molar-refractivity contribution is 14.1. The lowest BCUT2D eigenvalue weighted by Crippen LogP contribution is -2.51. The molecule has 1 aliphatic rings. The van der Waals surface area contributed by atoms with Gasteiger partial charge in [-0.15, -0.1) is 0 Å². The van der Waals surface area contributed by atoms with Crippen LogP contribution in [0.1, 0.15) is 0 Å². The third-order valence-corrected chi connectivity index (χ3v) is 3.35. The van der Waals surface area contributed by atoms with E-state index in [0.29, 0.717) is 6.61 Å². The van der Waals surface area contributed by atoms with Crippen LogP contribution in [-0.4, -0.2) is 34.1 Å². The average molecular weight is 324 g/mol. The first-order valence-electron chi connectivity index (χ1n) is 3.30. The molecule has 0 aromatic heterocycles. The summed E-state index contributed by atoms with van der Waals surface area (Å²) in [5.74, 6) is 0. The predicted molar refractivity (Wildman–Crippen MR) is 58.2 cm³/mol. The number of hydrogen-bond donors (Lipinski definition) is 2. The second kappa shape index (κ2) is 5.29. The zero-order valence-corrected chi connectivity index (χ0v) is 10.3. The molecule has 0 aromatic carbocycles. The largest absolute Gasteiger partial charge is 0.387 e. The number of alkyl halides is 1. The summed E-state index contributed by atoms with van der Waals surface area (Å²) in [6.45, 7) is 0.367. The van der Waals surface area contributed by atoms with Crippen molar-refractivity contribution in [2.24, 2.45) is 0 Å². The van der Waals surface area contributed by atoms with Crippen LogP contribution in [0.4, 0.5) is 0 Å². The highest BCUT2D eigenvalue weighted by Crippen LogP contribution is 2.26. The topological polar surface area (TPSA) is 47.9 Å². The predicted octanol–water partition coefficient (Wildman–Crippen LogP) is 0.544. The number of thiol groups is 1. The van der Waals surface area contributed by atoms with Gasteiger partial charge in [-0.25, -0.2) is 0 Å². The van der Waals surface area contributed by atoms with Crippen LogP contribution in [0.15, 0.2) is 0 Å². The Hall–Kier alpha value is 1.35. The quantitative estimate of drug-likeness (QED) is 0.256. The fourth-order valence-corrected chi connectivity index (χ4v) is 2.46. The lowest BCUT2D eigenvalue weighted by molar-refractivity contribution is -0.131. The molecule has 1 N–H and O–H groups in total. The Balaban J connectivity index is 2.56. The fraction of sp³-hybridized carbons (Fsp3) is 1.00. The smallest absolute Gasteiger partial charge is 0.138 e. The van der Waals surface area contributed by atoms with E-state index in [9.17, 15) is 5.11 Å². The molecular formula is C5H10IO4PS. The van der Waals surface area contributed by atoms with Crippen molar-refractivity contribution < 1.29 is 18.6 Å². The van der Waals surface area contributed by atoms with Crippen molar-refractivity contribution in [3.05, 3.63) is 0 Å². The molecule has 0 bridgehead atoms. The van der Waals surface area contributed by atoms with Crippen molar-refractivity contribution in [1.82, 2.24) is 0 Å². The van der Waals surface area contributed by atoms with E-state index < -0.39 is 12.2 Å². The summed E-state index contributed by atoms with van der Waals surface area (Å²) in [5, 5.41) is 9.60. The van der Waals surface area contributed by atoms with E-state index in [1.54, 1.807) is 0 Å². The highest BCUT2D eigenvalue weighted by Gasteiger charge is 2.39. The van der Waals surface area contributed by atoms with Gasteiger partial charge in [-0.3, -0.25) is 0 Å². The lowest BCUT2D eigenvalue weighted by atomic mass is 10.1. The van der Waals surface area contributed by atoms with E-state index in [1.807, 2.05) is 22.6 Å². The van der Waals surface area contributed by atoms with Gasteiger partial charge >= 0.3 is 0 Å². The molecular weight excluding hydrogens is 314 g/mol. The zero-order chi connectivity index (χ0) is 9.14. The summed E-state index contributed by atoms with van der Waals surface area (Å²) in [7, 11) is 2.10. The van der Waals surface area contributed by atoms with Gasteiger partial charge in [0, 0.05) is 9.47 Å². The molecule has 0 aliphatic carbocycles. The van der Waals surface area contributed by atoms with Gasteiger partial charge in [0.25, 0.3) is 0 Å². The zero-order valence-electron chi connectivity index (χ0n) is 6.09. The number of aliphatic hydroxyl groups is 1. The minimum Gasteiger partial charge on any atom is -0.387 e. The summed E-state index contributed by atoms with van der Waals surface area (Å²) < 4.78 is 14.8. The molecule has 12 heavy (non-hydrogen) atoms. The SMILES string of the molecule is O[C@H]1C(OP)CO[C@@H](I)[C@@H]1OS. The van der Waals surface area contributed by atoms with Crippen LogP contribution in [0.2, 0.25) is 0 Å². The Morgan fingerprint density at radius 3 is 2.83 bits per heavy atom. The normalized spacial score (nSPS) is 43.0. The number of hydrogen-bond acceptors (Lipinski definition) is 5. The first-order chi connectivity index (χ1) is 5.70. The number of aliphatic hydroxyl groups excluding tert-OH is 1. The maximum Gasteiger partial charge on any atom is 0.138 e. The summed E-state index contributed by atoms with van der Waals surface area (Å²) in [6, 6.07) is 0. The summed E-state index contributed by atoms with van der Waals surface area (Å²) in [5.41, 5.74) is 0. The molecule has 1 fully saturated rings. The third kappa shape index (κ3) is 2.43. The van der Waals surface area contributed by atoms with Crippen molar-refractivity contribution in [2.45, 2.75) is 22.4 Å². The molecule has 0 saturated carbocycles. The second-order valence-corrected chi connectivity index (χ2v) is 4.13. The fourth-order valence-electron chi connectivity index (χ4n) is 0.977. The first kappa shape index (κ1) is 11.4. The van der Waals surface area contributed by atoms with Gasteiger partial charge in [-0.2, -0.15) is 0 Å². The second-order valence-electron chi connectivity index (χ2n) is 2.42. The molecule has 1 rings (SSSR count). The maximum atomic E-state index is 9.60. The van der Waals surface area contributed by atoms with Crippen LogP contribution in [0.3, 0.4) is 0 Å². The standard InChI is InChI=1S/C5H10IO4PS/c6-5-4(10-12)3(7)2(9-11)1-8-5/h2-5,7,12H,1,11H2/t2?,3-,4+,5+/m0/s1. The van der Waals surface area contributed by atoms with Crippen molar-refractivity contribution in [1.29, 1.82) is 0 Å². The van der Waals surface area contributed by atoms with Crippen molar-refractivity contribution in [3.8, 4) is 0 Å². The molecule has 72 valence electrons. The van der Waals surface area contributed by atoms with E-state index in [4.69, 9.17) is 13.4 Å². The van der Waals surface area contributed by atoms with Crippen molar-refractivity contribution >= 4 is 45.0 Å². The molecule has 4 nitrogen and oxygen atoms in total. The molecule has 0 spiro atoms. The Morgan fingerprint density at radius 2 is 2.33 bits per heavy atom. The molecule has 1 heterocycles. The number of rotatable bonds is 2. The molecule has 0 amide bonds. The number of ether oxygens (including phenoxy) is 1. The van der Waals surface area contributed by atoms with Crippen molar-refractivity contribution in [3.63, 3.8) is 0 Å². The first-order valence-corrected chi connectivity index (χ1v) is 5.38. The van der Waals surface area contributed by atoms with Gasteiger partial charge in [0.1, 0.15) is 22.4 Å². The average Bonchev–Trinajstić information content (AvgIpc) is 2.06. The minimum atomic E-state index is -0.698. The van der Waals surface area contributed by atoms with Crippen molar-refractivity contribution in [2.75, 3.05) is 6.61 Å². The van der Waals surface area contributed by atoms with E-state index in [1.165, 1.54) is 0 Å². The number of halogens is 1. The molecule has 2 unspecified atom stereocenters. The van der Waals surface area contributed by atoms with Gasteiger partial charge in [0.05, 0.1) is 6.61 Å². The van der Waals surface area contributed by atoms with E-state index >= 15 is 0 Å². The minimum absolute atomic E-state index is 0.188. The Morgan fingerprint density at radius 1 is 1.67 bits per heavy atom. The van der Waals surface area contributed by atoms with E-state index in [0.717, 1.165) is 0 Å². The van der Waals surface area contributed by atoms with Gasteiger partial charge in [0.2, 0.25) is 0 Å². The molecule has 0 aromatic rings. The van der Waals surface area contributed by atoms with Gasteiger partial charge in [0.15, 0.2) is 0 Å². The van der Waals surface area contributed by atoms with E-state index in [-0.39, 0.29) is 10.2 Å². The summed E-state index contributed by atoms with van der Waals surface area (Å²) >= 11 is 5.70. The monoisotopic (exact) mass is 324 g/mol. The van der Waals surface area contributed by atoms with Gasteiger partial charge < -0.3 is 18.6 Å². The molecule has 7 heteroatoms. The molecule has 1 saturated heterocycles. The molecule has 0 radical (unpaired) electrons. The van der Waals surface area contributed by atoms with Crippen LogP contribution < -0.4 is 0 Å². The Kier molecular flexibility index (Phi) is 5.03. The maximum absolute atomic E-state index is 9.60. The van der Waals surface area contributed by atoms with Gasteiger partial charge in [-0.05, 0) is 35.5 Å². The summed E-state index contributed by atoms with van der Waals surface area (Å²) in [4.78, 5) is 0. The van der Waals surface area contributed by atoms with Crippen LogP contribution in [0.5, 0.6) is 0 Å². The molecule has 5 atom stereocenters. The third-order valence-electron chi connectivity index (χ3n) is 1.69. The highest BCUT2D eigenvalue weighted by atomic mass is 127. The van der Waals surface area contributed by atoms with E-state index in [2.05, 4.69) is 22.4 Å². The van der Waals surface area contributed by atoms with Crippen LogP contribution >= 0.6 is 45.0 Å². The Labute approximate surface area is 92.4 Å². The molecule has 1 aliphatic heterocycles. The van der Waals surface area contributed by atoms with Crippen LogP contribution in [0, 0.1) is 0 Å². The Bertz CT molecular complexity index is 151. The van der Waals surface area contributed by atoms with Crippen LogP contribution in [-0.2, 0) is 13.4 Å². The summed E-state index contributed by atoms with van der Waals surface area (Å²) in [6.07, 6.45) is -1.51. The van der Waals surface area contributed by atoms with Gasteiger partial charge in [-0.1, -0.05) is 0 Å². The lowest BCUT2D eigenvalue weighted by Gasteiger charge is -2.35. The van der Waals surface area contributed by atoms with Crippen LogP contribution in [0.25, 0.3) is 0 Å².